The lowest BCUT2D eigenvalue weighted by Crippen LogP contribution is -2.51. The molecule has 3 aromatic heterocycles. The zero-order valence-corrected chi connectivity index (χ0v) is 20.6. The van der Waals surface area contributed by atoms with Gasteiger partial charge in [0.1, 0.15) is 23.8 Å². The molecule has 0 radical (unpaired) electrons. The van der Waals surface area contributed by atoms with Gasteiger partial charge in [0.2, 0.25) is 0 Å². The highest BCUT2D eigenvalue weighted by molar-refractivity contribution is 5.87. The van der Waals surface area contributed by atoms with E-state index in [1.165, 1.54) is 18.6 Å². The minimum Gasteiger partial charge on any atom is -0.298 e. The summed E-state index contributed by atoms with van der Waals surface area (Å²) >= 11 is 0. The minimum atomic E-state index is -0.643. The average molecular weight is 493 g/mol. The fraction of sp³-hybridized carbons (Fsp3) is 0.310. The van der Waals surface area contributed by atoms with Gasteiger partial charge in [0.25, 0.3) is 0 Å². The number of rotatable bonds is 3. The van der Waals surface area contributed by atoms with Crippen molar-refractivity contribution in [3.8, 4) is 34.3 Å². The average Bonchev–Trinajstić information content (AvgIpc) is 3.32. The van der Waals surface area contributed by atoms with Crippen molar-refractivity contribution in [1.29, 1.82) is 5.26 Å². The standard InChI is InChI=1S/C29H25FN6O/c1-17-24-8-7-23-26(25-9-10-32-16-34-25)35-36(28(23)29(24,2)12-20(13-31)27(17)37)22-5-3-18(4-6-22)19-11-21(30)15-33-14-19/h3-6,9-11,14-17,20,24H,7-8,12H2,1-2H3/t17-,20?,24-,29+/m1/s1. The molecule has 8 heteroatoms. The molecule has 1 saturated carbocycles. The predicted molar refractivity (Wildman–Crippen MR) is 135 cm³/mol. The Morgan fingerprint density at radius 1 is 1.14 bits per heavy atom. The van der Waals surface area contributed by atoms with E-state index in [9.17, 15) is 14.4 Å². The predicted octanol–water partition coefficient (Wildman–Crippen LogP) is 5.10. The lowest BCUT2D eigenvalue weighted by molar-refractivity contribution is -0.132. The summed E-state index contributed by atoms with van der Waals surface area (Å²) in [5, 5.41) is 14.9. The van der Waals surface area contributed by atoms with Gasteiger partial charge < -0.3 is 0 Å². The van der Waals surface area contributed by atoms with Crippen molar-refractivity contribution in [3.05, 3.63) is 78.4 Å². The molecule has 0 aliphatic heterocycles. The third kappa shape index (κ3) is 3.65. The maximum atomic E-state index is 13.7. The van der Waals surface area contributed by atoms with Gasteiger partial charge in [-0.05, 0) is 55.0 Å². The van der Waals surface area contributed by atoms with Crippen LogP contribution >= 0.6 is 0 Å². The zero-order chi connectivity index (χ0) is 25.7. The van der Waals surface area contributed by atoms with Crippen LogP contribution in [0.25, 0.3) is 28.2 Å². The number of ketones is 1. The second-order valence-corrected chi connectivity index (χ2v) is 10.3. The molecular weight excluding hydrogens is 467 g/mol. The van der Waals surface area contributed by atoms with Crippen LogP contribution in [0.5, 0.6) is 0 Å². The molecule has 0 N–H and O–H groups in total. The van der Waals surface area contributed by atoms with E-state index >= 15 is 0 Å². The number of halogens is 1. The molecule has 2 aliphatic carbocycles. The first-order valence-electron chi connectivity index (χ1n) is 12.4. The summed E-state index contributed by atoms with van der Waals surface area (Å²) in [5.74, 6) is -1.07. The summed E-state index contributed by atoms with van der Waals surface area (Å²) in [6.45, 7) is 4.14. The van der Waals surface area contributed by atoms with E-state index in [-0.39, 0.29) is 23.4 Å². The Labute approximate surface area is 214 Å². The molecule has 7 nitrogen and oxygen atoms in total. The van der Waals surface area contributed by atoms with Gasteiger partial charge in [-0.15, -0.1) is 0 Å². The SMILES string of the molecule is C[C@H]1C(=O)C(C#N)C[C@]2(C)c3c(c(-c4ccncn4)nn3-c3ccc(-c4cncc(F)c4)cc3)CC[C@H]12. The van der Waals surface area contributed by atoms with Gasteiger partial charge in [-0.2, -0.15) is 10.4 Å². The summed E-state index contributed by atoms with van der Waals surface area (Å²) in [6.07, 6.45) is 8.13. The molecule has 0 bridgehead atoms. The molecule has 6 rings (SSSR count). The summed E-state index contributed by atoms with van der Waals surface area (Å²) in [4.78, 5) is 25.4. The van der Waals surface area contributed by atoms with Gasteiger partial charge in [0, 0.05) is 34.9 Å². The number of hydrogen-bond donors (Lipinski definition) is 0. The molecule has 0 spiro atoms. The molecule has 1 fully saturated rings. The number of carbonyl (C=O) groups excluding carboxylic acids is 1. The molecule has 0 amide bonds. The molecule has 1 unspecified atom stereocenters. The van der Waals surface area contributed by atoms with Crippen LogP contribution in [0.2, 0.25) is 0 Å². The van der Waals surface area contributed by atoms with E-state index in [2.05, 4.69) is 27.9 Å². The maximum absolute atomic E-state index is 13.7. The summed E-state index contributed by atoms with van der Waals surface area (Å²) in [5.41, 5.74) is 5.67. The molecule has 4 aromatic rings. The second kappa shape index (κ2) is 8.70. The van der Waals surface area contributed by atoms with Gasteiger partial charge >= 0.3 is 0 Å². The van der Waals surface area contributed by atoms with Gasteiger partial charge in [0.15, 0.2) is 5.78 Å². The van der Waals surface area contributed by atoms with Crippen LogP contribution in [0, 0.1) is 34.9 Å². The van der Waals surface area contributed by atoms with Crippen LogP contribution in [-0.2, 0) is 16.6 Å². The number of pyridine rings is 1. The Balaban J connectivity index is 1.53. The Hall–Kier alpha value is -4.25. The first-order chi connectivity index (χ1) is 17.9. The van der Waals surface area contributed by atoms with E-state index in [1.807, 2.05) is 41.9 Å². The maximum Gasteiger partial charge on any atom is 0.153 e. The highest BCUT2D eigenvalue weighted by Gasteiger charge is 2.54. The van der Waals surface area contributed by atoms with Crippen molar-refractivity contribution in [2.24, 2.45) is 17.8 Å². The Morgan fingerprint density at radius 2 is 1.95 bits per heavy atom. The lowest BCUT2D eigenvalue weighted by atomic mass is 9.54. The van der Waals surface area contributed by atoms with E-state index < -0.39 is 11.3 Å². The number of nitriles is 1. The lowest BCUT2D eigenvalue weighted by Gasteiger charge is -2.49. The van der Waals surface area contributed by atoms with Crippen LogP contribution in [0.15, 0.2) is 61.3 Å². The fourth-order valence-corrected chi connectivity index (χ4v) is 6.46. The normalized spacial score (nSPS) is 24.7. The van der Waals surface area contributed by atoms with Gasteiger partial charge in [-0.25, -0.2) is 19.0 Å². The number of hydrogen-bond acceptors (Lipinski definition) is 6. The highest BCUT2D eigenvalue weighted by atomic mass is 19.1. The first kappa shape index (κ1) is 23.2. The summed E-state index contributed by atoms with van der Waals surface area (Å²) < 4.78 is 15.7. The Bertz CT molecular complexity index is 1540. The third-order valence-electron chi connectivity index (χ3n) is 8.20. The van der Waals surface area contributed by atoms with Gasteiger partial charge in [-0.1, -0.05) is 26.0 Å². The van der Waals surface area contributed by atoms with Gasteiger partial charge in [-0.3, -0.25) is 9.78 Å². The number of carbonyl (C=O) groups is 1. The molecule has 0 saturated heterocycles. The number of benzene rings is 1. The van der Waals surface area contributed by atoms with Crippen molar-refractivity contribution in [2.45, 2.75) is 38.5 Å². The second-order valence-electron chi connectivity index (χ2n) is 10.3. The monoisotopic (exact) mass is 492 g/mol. The Kier molecular flexibility index (Phi) is 5.45. The van der Waals surface area contributed by atoms with Crippen molar-refractivity contribution in [1.82, 2.24) is 24.7 Å². The van der Waals surface area contributed by atoms with Crippen LogP contribution in [0.3, 0.4) is 0 Å². The molecule has 1 aromatic carbocycles. The molecule has 4 atom stereocenters. The molecule has 2 aliphatic rings. The summed E-state index contributed by atoms with van der Waals surface area (Å²) in [7, 11) is 0. The van der Waals surface area contributed by atoms with Crippen LogP contribution in [-0.4, -0.2) is 30.5 Å². The number of aromatic nitrogens is 5. The van der Waals surface area contributed by atoms with Crippen molar-refractivity contribution in [2.75, 3.05) is 0 Å². The van der Waals surface area contributed by atoms with Crippen molar-refractivity contribution < 1.29 is 9.18 Å². The number of fused-ring (bicyclic) bond motifs is 3. The summed E-state index contributed by atoms with van der Waals surface area (Å²) in [6, 6.07) is 13.4. The smallest absolute Gasteiger partial charge is 0.153 e. The fourth-order valence-electron chi connectivity index (χ4n) is 6.46. The van der Waals surface area contributed by atoms with Crippen LogP contribution in [0.1, 0.15) is 37.9 Å². The van der Waals surface area contributed by atoms with Crippen LogP contribution < -0.4 is 0 Å². The topological polar surface area (TPSA) is 97.4 Å². The largest absolute Gasteiger partial charge is 0.298 e. The molecule has 184 valence electrons. The van der Waals surface area contributed by atoms with E-state index in [1.54, 1.807) is 12.4 Å². The van der Waals surface area contributed by atoms with Crippen molar-refractivity contribution >= 4 is 5.78 Å². The molecule has 3 heterocycles. The molecular formula is C29H25FN6O. The highest BCUT2D eigenvalue weighted by Crippen LogP contribution is 2.54. The number of nitrogens with zero attached hydrogens (tertiary/aromatic N) is 6. The van der Waals surface area contributed by atoms with E-state index in [4.69, 9.17) is 5.10 Å². The van der Waals surface area contributed by atoms with E-state index in [0.717, 1.165) is 46.7 Å². The number of Topliss-reactive ketones (excluding diaryl/α,β-unsaturated/α-hetero) is 1. The van der Waals surface area contributed by atoms with Gasteiger partial charge in [0.05, 0.1) is 29.3 Å². The van der Waals surface area contributed by atoms with Crippen LogP contribution in [0.4, 0.5) is 4.39 Å². The first-order valence-corrected chi connectivity index (χ1v) is 12.4. The molecule has 37 heavy (non-hydrogen) atoms. The zero-order valence-electron chi connectivity index (χ0n) is 20.6. The third-order valence-corrected chi connectivity index (χ3v) is 8.20. The quantitative estimate of drug-likeness (QED) is 0.395. The minimum absolute atomic E-state index is 0.0450. The van der Waals surface area contributed by atoms with E-state index in [0.29, 0.717) is 12.0 Å². The Morgan fingerprint density at radius 3 is 2.65 bits per heavy atom. The van der Waals surface area contributed by atoms with Crippen molar-refractivity contribution in [3.63, 3.8) is 0 Å².